The zero-order chi connectivity index (χ0) is 21.2. The van der Waals surface area contributed by atoms with Gasteiger partial charge in [-0.25, -0.2) is 0 Å². The SMILES string of the molecule is Oc1cc(-c2cccnc2)cc2c1OCCN(Cc1ccc(-c3cccc(Cl)c3)o1)C2. The van der Waals surface area contributed by atoms with E-state index in [1.807, 2.05) is 48.5 Å². The van der Waals surface area contributed by atoms with Crippen molar-refractivity contribution in [2.45, 2.75) is 13.1 Å². The van der Waals surface area contributed by atoms with Crippen LogP contribution in [0.25, 0.3) is 22.5 Å². The molecule has 0 fully saturated rings. The Kier molecular flexibility index (Phi) is 5.37. The van der Waals surface area contributed by atoms with Crippen molar-refractivity contribution >= 4 is 11.6 Å². The van der Waals surface area contributed by atoms with Crippen LogP contribution in [0, 0.1) is 0 Å². The van der Waals surface area contributed by atoms with E-state index >= 15 is 0 Å². The van der Waals surface area contributed by atoms with Crippen molar-refractivity contribution in [2.24, 2.45) is 0 Å². The zero-order valence-electron chi connectivity index (χ0n) is 16.8. The van der Waals surface area contributed by atoms with Gasteiger partial charge in [0.15, 0.2) is 11.5 Å². The molecule has 5 rings (SSSR count). The Morgan fingerprint density at radius 1 is 1.00 bits per heavy atom. The molecule has 6 heteroatoms. The van der Waals surface area contributed by atoms with Crippen molar-refractivity contribution in [1.29, 1.82) is 0 Å². The largest absolute Gasteiger partial charge is 0.504 e. The molecule has 0 amide bonds. The number of nitrogens with zero attached hydrogens (tertiary/aromatic N) is 2. The first kappa shape index (κ1) is 19.7. The highest BCUT2D eigenvalue weighted by atomic mass is 35.5. The number of benzene rings is 2. The molecule has 0 saturated heterocycles. The minimum atomic E-state index is 0.152. The van der Waals surface area contributed by atoms with Gasteiger partial charge in [0.1, 0.15) is 18.1 Å². The van der Waals surface area contributed by atoms with E-state index in [0.717, 1.165) is 40.3 Å². The number of rotatable bonds is 4. The zero-order valence-corrected chi connectivity index (χ0v) is 17.5. The third-order valence-corrected chi connectivity index (χ3v) is 5.57. The van der Waals surface area contributed by atoms with Gasteiger partial charge in [0.25, 0.3) is 0 Å². The molecule has 0 radical (unpaired) electrons. The summed E-state index contributed by atoms with van der Waals surface area (Å²) >= 11 is 6.10. The molecular formula is C25H21ClN2O3. The standard InChI is InChI=1S/C25H21ClN2O3/c26-21-5-1-3-17(12-21)24-7-6-22(31-24)16-28-9-10-30-25-20(15-28)11-19(13-23(25)29)18-4-2-8-27-14-18/h1-8,11-14,29H,9-10,15-16H2. The number of aromatic hydroxyl groups is 1. The van der Waals surface area contributed by atoms with Crippen LogP contribution < -0.4 is 4.74 Å². The first-order valence-corrected chi connectivity index (χ1v) is 10.5. The lowest BCUT2D eigenvalue weighted by Crippen LogP contribution is -2.25. The van der Waals surface area contributed by atoms with Crippen molar-refractivity contribution in [1.82, 2.24) is 9.88 Å². The summed E-state index contributed by atoms with van der Waals surface area (Å²) in [5, 5.41) is 11.2. The smallest absolute Gasteiger partial charge is 0.165 e. The molecule has 0 saturated carbocycles. The molecule has 0 spiro atoms. The van der Waals surface area contributed by atoms with E-state index in [1.165, 1.54) is 0 Å². The molecule has 31 heavy (non-hydrogen) atoms. The fourth-order valence-electron chi connectivity index (χ4n) is 3.87. The lowest BCUT2D eigenvalue weighted by Gasteiger charge is -2.18. The quantitative estimate of drug-likeness (QED) is 0.444. The van der Waals surface area contributed by atoms with Crippen molar-refractivity contribution in [2.75, 3.05) is 13.2 Å². The van der Waals surface area contributed by atoms with Gasteiger partial charge in [0.05, 0.1) is 6.54 Å². The lowest BCUT2D eigenvalue weighted by molar-refractivity contribution is 0.205. The maximum atomic E-state index is 10.6. The number of phenolic OH excluding ortho intramolecular Hbond substituents is 1. The fourth-order valence-corrected chi connectivity index (χ4v) is 4.06. The molecule has 1 N–H and O–H groups in total. The highest BCUT2D eigenvalue weighted by Crippen LogP contribution is 2.37. The van der Waals surface area contributed by atoms with Crippen molar-refractivity contribution in [3.8, 4) is 33.9 Å². The van der Waals surface area contributed by atoms with Gasteiger partial charge < -0.3 is 14.3 Å². The van der Waals surface area contributed by atoms with Crippen LogP contribution in [0.5, 0.6) is 11.5 Å². The second kappa shape index (κ2) is 8.46. The number of hydrogen-bond donors (Lipinski definition) is 1. The molecule has 4 aromatic rings. The number of phenols is 1. The van der Waals surface area contributed by atoms with E-state index in [2.05, 4.69) is 16.0 Å². The second-order valence-electron chi connectivity index (χ2n) is 7.56. The summed E-state index contributed by atoms with van der Waals surface area (Å²) in [5.41, 5.74) is 3.76. The van der Waals surface area contributed by atoms with Gasteiger partial charge in [0.2, 0.25) is 0 Å². The number of aromatic nitrogens is 1. The van der Waals surface area contributed by atoms with E-state index in [1.54, 1.807) is 18.5 Å². The third kappa shape index (κ3) is 4.29. The Balaban J connectivity index is 1.38. The average Bonchev–Trinajstić information content (AvgIpc) is 3.14. The predicted molar refractivity (Wildman–Crippen MR) is 120 cm³/mol. The summed E-state index contributed by atoms with van der Waals surface area (Å²) in [4.78, 5) is 6.43. The normalized spacial score (nSPS) is 14.0. The highest BCUT2D eigenvalue weighted by Gasteiger charge is 2.21. The summed E-state index contributed by atoms with van der Waals surface area (Å²) in [7, 11) is 0. The molecular weight excluding hydrogens is 412 g/mol. The fraction of sp³-hybridized carbons (Fsp3) is 0.160. The molecule has 3 heterocycles. The topological polar surface area (TPSA) is 58.7 Å². The molecule has 0 bridgehead atoms. The van der Waals surface area contributed by atoms with Gasteiger partial charge in [-0.1, -0.05) is 29.8 Å². The Hall–Kier alpha value is -3.28. The van der Waals surface area contributed by atoms with E-state index in [-0.39, 0.29) is 5.75 Å². The van der Waals surface area contributed by atoms with E-state index in [0.29, 0.717) is 30.5 Å². The van der Waals surface area contributed by atoms with Gasteiger partial charge in [-0.05, 0) is 48.0 Å². The Labute approximate surface area is 185 Å². The van der Waals surface area contributed by atoms with E-state index in [9.17, 15) is 5.11 Å². The molecule has 0 atom stereocenters. The number of halogens is 1. The van der Waals surface area contributed by atoms with Crippen molar-refractivity contribution in [3.05, 3.63) is 89.4 Å². The van der Waals surface area contributed by atoms with Crippen LogP contribution in [-0.2, 0) is 13.1 Å². The molecule has 156 valence electrons. The van der Waals surface area contributed by atoms with Crippen molar-refractivity contribution < 1.29 is 14.3 Å². The Morgan fingerprint density at radius 3 is 2.74 bits per heavy atom. The van der Waals surface area contributed by atoms with E-state index < -0.39 is 0 Å². The summed E-state index contributed by atoms with van der Waals surface area (Å²) in [6, 6.07) is 19.2. The van der Waals surface area contributed by atoms with Gasteiger partial charge >= 0.3 is 0 Å². The van der Waals surface area contributed by atoms with Crippen LogP contribution in [0.15, 0.2) is 77.5 Å². The Morgan fingerprint density at radius 2 is 1.90 bits per heavy atom. The lowest BCUT2D eigenvalue weighted by atomic mass is 10.0. The van der Waals surface area contributed by atoms with Crippen LogP contribution in [0.1, 0.15) is 11.3 Å². The number of hydrogen-bond acceptors (Lipinski definition) is 5. The third-order valence-electron chi connectivity index (χ3n) is 5.34. The minimum absolute atomic E-state index is 0.152. The first-order valence-electron chi connectivity index (χ1n) is 10.1. The predicted octanol–water partition coefficient (Wildman–Crippen LogP) is 5.76. The van der Waals surface area contributed by atoms with Crippen molar-refractivity contribution in [3.63, 3.8) is 0 Å². The summed E-state index contributed by atoms with van der Waals surface area (Å²) in [6.45, 7) is 2.50. The molecule has 0 aliphatic carbocycles. The molecule has 1 aliphatic heterocycles. The summed E-state index contributed by atoms with van der Waals surface area (Å²) in [5.74, 6) is 2.36. The first-order chi connectivity index (χ1) is 15.2. The van der Waals surface area contributed by atoms with Crippen LogP contribution in [0.2, 0.25) is 5.02 Å². The second-order valence-corrected chi connectivity index (χ2v) is 8.00. The molecule has 5 nitrogen and oxygen atoms in total. The Bertz CT molecular complexity index is 1210. The molecule has 2 aromatic carbocycles. The monoisotopic (exact) mass is 432 g/mol. The summed E-state index contributed by atoms with van der Waals surface area (Å²) < 4.78 is 11.9. The molecule has 2 aromatic heterocycles. The van der Waals surface area contributed by atoms with Gasteiger partial charge in [-0.15, -0.1) is 0 Å². The van der Waals surface area contributed by atoms with Crippen LogP contribution >= 0.6 is 11.6 Å². The number of furan rings is 1. The van der Waals surface area contributed by atoms with Crippen LogP contribution in [0.3, 0.4) is 0 Å². The van der Waals surface area contributed by atoms with Crippen LogP contribution in [-0.4, -0.2) is 28.1 Å². The number of fused-ring (bicyclic) bond motifs is 1. The number of pyridine rings is 1. The molecule has 1 aliphatic rings. The summed E-state index contributed by atoms with van der Waals surface area (Å²) in [6.07, 6.45) is 3.52. The van der Waals surface area contributed by atoms with Gasteiger partial charge in [-0.2, -0.15) is 0 Å². The molecule has 0 unspecified atom stereocenters. The van der Waals surface area contributed by atoms with Crippen LogP contribution in [0.4, 0.5) is 0 Å². The maximum absolute atomic E-state index is 10.6. The van der Waals surface area contributed by atoms with E-state index in [4.69, 9.17) is 20.8 Å². The minimum Gasteiger partial charge on any atom is -0.504 e. The highest BCUT2D eigenvalue weighted by molar-refractivity contribution is 6.30. The number of ether oxygens (including phenoxy) is 1. The van der Waals surface area contributed by atoms with Gasteiger partial charge in [0, 0.05) is 47.2 Å². The van der Waals surface area contributed by atoms with Gasteiger partial charge in [-0.3, -0.25) is 9.88 Å². The average molecular weight is 433 g/mol. The maximum Gasteiger partial charge on any atom is 0.165 e.